The van der Waals surface area contributed by atoms with Crippen molar-refractivity contribution < 1.29 is 19.6 Å². The summed E-state index contributed by atoms with van der Waals surface area (Å²) in [5.74, 6) is -1.63. The van der Waals surface area contributed by atoms with Gasteiger partial charge in [-0.05, 0) is 18.4 Å². The lowest BCUT2D eigenvalue weighted by atomic mass is 9.86. The van der Waals surface area contributed by atoms with E-state index in [-0.39, 0.29) is 16.8 Å². The Morgan fingerprint density at radius 1 is 1.39 bits per heavy atom. The number of aryl methyl sites for hydroxylation is 1. The normalized spacial score (nSPS) is 16.4. The number of nitrogens with zero attached hydrogens (tertiary/aromatic N) is 1. The van der Waals surface area contributed by atoms with Crippen molar-refractivity contribution in [3.05, 3.63) is 51.1 Å². The SMILES string of the molecule is O=C(O)C=C1CCc2ccc([N+](=O)[O-])cc2C1=O. The number of fused-ring (bicyclic) bond motifs is 1. The Labute approximate surface area is 102 Å². The zero-order valence-corrected chi connectivity index (χ0v) is 9.25. The number of hydrogen-bond acceptors (Lipinski definition) is 4. The number of ketones is 1. The largest absolute Gasteiger partial charge is 0.478 e. The van der Waals surface area contributed by atoms with Crippen molar-refractivity contribution in [3.63, 3.8) is 0 Å². The fourth-order valence-electron chi connectivity index (χ4n) is 1.95. The summed E-state index contributed by atoms with van der Waals surface area (Å²) in [6, 6.07) is 4.09. The zero-order valence-electron chi connectivity index (χ0n) is 9.25. The minimum atomic E-state index is -1.19. The first-order chi connectivity index (χ1) is 8.49. The standard InChI is InChI=1S/C12H9NO5/c14-11(15)5-8-2-1-7-3-4-9(13(17)18)6-10(7)12(8)16/h3-6H,1-2H2,(H,14,15). The monoisotopic (exact) mass is 247 g/mol. The summed E-state index contributed by atoms with van der Waals surface area (Å²) < 4.78 is 0. The molecule has 0 atom stereocenters. The third kappa shape index (κ3) is 2.13. The van der Waals surface area contributed by atoms with Gasteiger partial charge in [-0.1, -0.05) is 6.07 Å². The van der Waals surface area contributed by atoms with Crippen LogP contribution in [0.5, 0.6) is 0 Å². The Kier molecular flexibility index (Phi) is 2.93. The van der Waals surface area contributed by atoms with Crippen LogP contribution in [0, 0.1) is 10.1 Å². The van der Waals surface area contributed by atoms with Gasteiger partial charge in [-0.3, -0.25) is 14.9 Å². The lowest BCUT2D eigenvalue weighted by Crippen LogP contribution is -2.15. The van der Waals surface area contributed by atoms with E-state index in [1.807, 2.05) is 0 Å². The highest BCUT2D eigenvalue weighted by Gasteiger charge is 2.24. The molecule has 1 aromatic rings. The van der Waals surface area contributed by atoms with Gasteiger partial charge in [0.2, 0.25) is 0 Å². The van der Waals surface area contributed by atoms with Crippen LogP contribution in [0.25, 0.3) is 0 Å². The molecule has 0 saturated carbocycles. The number of carbonyl (C=O) groups is 2. The number of Topliss-reactive ketones (excluding diaryl/α,β-unsaturated/α-hetero) is 1. The molecule has 0 unspecified atom stereocenters. The predicted octanol–water partition coefficient (Wildman–Crippen LogP) is 1.73. The molecule has 1 aromatic carbocycles. The molecule has 1 N–H and O–H groups in total. The minimum absolute atomic E-state index is 0.168. The average Bonchev–Trinajstić information content (AvgIpc) is 2.32. The van der Waals surface area contributed by atoms with Crippen molar-refractivity contribution in [2.45, 2.75) is 12.8 Å². The molecule has 6 heteroatoms. The van der Waals surface area contributed by atoms with E-state index >= 15 is 0 Å². The smallest absolute Gasteiger partial charge is 0.328 e. The van der Waals surface area contributed by atoms with E-state index in [1.54, 1.807) is 6.07 Å². The third-order valence-electron chi connectivity index (χ3n) is 2.80. The molecule has 0 fully saturated rings. The number of nitro groups is 1. The molecular weight excluding hydrogens is 238 g/mol. The second kappa shape index (κ2) is 4.40. The molecule has 0 heterocycles. The molecule has 0 radical (unpaired) electrons. The van der Waals surface area contributed by atoms with E-state index in [0.29, 0.717) is 18.4 Å². The van der Waals surface area contributed by atoms with Gasteiger partial charge < -0.3 is 5.11 Å². The van der Waals surface area contributed by atoms with Crippen LogP contribution in [0.4, 0.5) is 5.69 Å². The fraction of sp³-hybridized carbons (Fsp3) is 0.167. The first-order valence-corrected chi connectivity index (χ1v) is 5.24. The topological polar surface area (TPSA) is 97.5 Å². The maximum Gasteiger partial charge on any atom is 0.328 e. The van der Waals surface area contributed by atoms with Gasteiger partial charge in [0.05, 0.1) is 4.92 Å². The molecule has 0 aliphatic heterocycles. The van der Waals surface area contributed by atoms with Crippen molar-refractivity contribution in [3.8, 4) is 0 Å². The molecule has 0 aromatic heterocycles. The van der Waals surface area contributed by atoms with E-state index in [9.17, 15) is 19.7 Å². The predicted molar refractivity (Wildman–Crippen MR) is 61.5 cm³/mol. The maximum absolute atomic E-state index is 12.0. The molecule has 18 heavy (non-hydrogen) atoms. The van der Waals surface area contributed by atoms with Gasteiger partial charge in [0.1, 0.15) is 0 Å². The lowest BCUT2D eigenvalue weighted by molar-refractivity contribution is -0.384. The highest BCUT2D eigenvalue weighted by Crippen LogP contribution is 2.28. The van der Waals surface area contributed by atoms with E-state index in [2.05, 4.69) is 0 Å². The zero-order chi connectivity index (χ0) is 13.3. The van der Waals surface area contributed by atoms with E-state index in [1.165, 1.54) is 12.1 Å². The van der Waals surface area contributed by atoms with Gasteiger partial charge in [-0.2, -0.15) is 0 Å². The van der Waals surface area contributed by atoms with Crippen LogP contribution in [0.3, 0.4) is 0 Å². The fourth-order valence-corrected chi connectivity index (χ4v) is 1.95. The maximum atomic E-state index is 12.0. The van der Waals surface area contributed by atoms with Crippen molar-refractivity contribution >= 4 is 17.4 Å². The Morgan fingerprint density at radius 2 is 2.11 bits per heavy atom. The number of nitro benzene ring substituents is 1. The molecule has 92 valence electrons. The van der Waals surface area contributed by atoms with Crippen LogP contribution in [0.1, 0.15) is 22.3 Å². The van der Waals surface area contributed by atoms with Gasteiger partial charge in [0, 0.05) is 29.3 Å². The number of non-ortho nitro benzene ring substituents is 1. The number of carboxylic acids is 1. The number of aliphatic carboxylic acids is 1. The second-order valence-electron chi connectivity index (χ2n) is 3.94. The molecule has 2 rings (SSSR count). The van der Waals surface area contributed by atoms with Gasteiger partial charge in [0.25, 0.3) is 5.69 Å². The summed E-state index contributed by atoms with van der Waals surface area (Å²) >= 11 is 0. The highest BCUT2D eigenvalue weighted by molar-refractivity contribution is 6.13. The van der Waals surface area contributed by atoms with Crippen LogP contribution in [0.2, 0.25) is 0 Å². The lowest BCUT2D eigenvalue weighted by Gasteiger charge is -2.16. The number of carbonyl (C=O) groups excluding carboxylic acids is 1. The second-order valence-corrected chi connectivity index (χ2v) is 3.94. The van der Waals surface area contributed by atoms with Crippen molar-refractivity contribution in [1.29, 1.82) is 0 Å². The molecule has 1 aliphatic rings. The Bertz CT molecular complexity index is 588. The molecule has 1 aliphatic carbocycles. The summed E-state index contributed by atoms with van der Waals surface area (Å²) in [6.07, 6.45) is 1.72. The molecular formula is C12H9NO5. The van der Waals surface area contributed by atoms with Gasteiger partial charge in [-0.25, -0.2) is 4.79 Å². The number of carboxylic acid groups (broad SMARTS) is 1. The summed E-state index contributed by atoms with van der Waals surface area (Å²) in [6.45, 7) is 0. The molecule has 0 amide bonds. The minimum Gasteiger partial charge on any atom is -0.478 e. The summed E-state index contributed by atoms with van der Waals surface area (Å²) in [5.41, 5.74) is 0.949. The quantitative estimate of drug-likeness (QED) is 0.487. The molecule has 6 nitrogen and oxygen atoms in total. The van der Waals surface area contributed by atoms with Crippen LogP contribution in [-0.2, 0) is 11.2 Å². The third-order valence-corrected chi connectivity index (χ3v) is 2.80. The van der Waals surface area contributed by atoms with Crippen molar-refractivity contribution in [2.24, 2.45) is 0 Å². The van der Waals surface area contributed by atoms with Gasteiger partial charge >= 0.3 is 5.97 Å². The molecule has 0 spiro atoms. The summed E-state index contributed by atoms with van der Waals surface area (Å²) in [5, 5.41) is 19.3. The number of rotatable bonds is 2. The molecule has 0 saturated heterocycles. The van der Waals surface area contributed by atoms with E-state index in [0.717, 1.165) is 6.08 Å². The van der Waals surface area contributed by atoms with Crippen LogP contribution < -0.4 is 0 Å². The summed E-state index contributed by atoms with van der Waals surface area (Å²) in [7, 11) is 0. The number of benzene rings is 1. The Morgan fingerprint density at radius 3 is 2.72 bits per heavy atom. The van der Waals surface area contributed by atoms with Crippen molar-refractivity contribution in [2.75, 3.05) is 0 Å². The van der Waals surface area contributed by atoms with Crippen molar-refractivity contribution in [1.82, 2.24) is 0 Å². The average molecular weight is 247 g/mol. The van der Waals surface area contributed by atoms with Gasteiger partial charge in [-0.15, -0.1) is 0 Å². The number of allylic oxidation sites excluding steroid dienone is 1. The first-order valence-electron chi connectivity index (χ1n) is 5.24. The van der Waals surface area contributed by atoms with Crippen LogP contribution in [-0.4, -0.2) is 21.8 Å². The highest BCUT2D eigenvalue weighted by atomic mass is 16.6. The molecule has 0 bridgehead atoms. The van der Waals surface area contributed by atoms with Crippen LogP contribution >= 0.6 is 0 Å². The van der Waals surface area contributed by atoms with E-state index < -0.39 is 16.7 Å². The number of hydrogen-bond donors (Lipinski definition) is 1. The Balaban J connectivity index is 2.47. The van der Waals surface area contributed by atoms with E-state index in [4.69, 9.17) is 5.11 Å². The van der Waals surface area contributed by atoms with Crippen LogP contribution in [0.15, 0.2) is 29.8 Å². The summed E-state index contributed by atoms with van der Waals surface area (Å²) in [4.78, 5) is 32.6. The first kappa shape index (κ1) is 12.0. The Hall–Kier alpha value is -2.50. The van der Waals surface area contributed by atoms with Gasteiger partial charge in [0.15, 0.2) is 5.78 Å².